The normalized spacial score (nSPS) is 15.1. The van der Waals surface area contributed by atoms with E-state index in [9.17, 15) is 18.0 Å². The van der Waals surface area contributed by atoms with E-state index in [0.717, 1.165) is 17.8 Å². The zero-order chi connectivity index (χ0) is 25.0. The quantitative estimate of drug-likeness (QED) is 0.661. The van der Waals surface area contributed by atoms with Crippen LogP contribution in [0, 0.1) is 0 Å². The number of alkyl halides is 3. The molecule has 0 bridgehead atoms. The number of carbonyl (C=O) groups is 1. The molecular weight excluding hydrogens is 435 g/mol. The summed E-state index contributed by atoms with van der Waals surface area (Å²) in [5.74, 6) is 0.281. The molecule has 1 aliphatic rings. The number of anilines is 1. The van der Waals surface area contributed by atoms with E-state index in [-0.39, 0.29) is 30.9 Å². The Morgan fingerprint density at radius 1 is 1.18 bits per heavy atom. The lowest BCUT2D eigenvalue weighted by Gasteiger charge is -2.29. The molecule has 1 fully saturated rings. The highest BCUT2D eigenvalue weighted by Crippen LogP contribution is 2.36. The van der Waals surface area contributed by atoms with E-state index in [1.165, 1.54) is 11.1 Å². The summed E-state index contributed by atoms with van der Waals surface area (Å²) in [6.07, 6.45) is -1.60. The van der Waals surface area contributed by atoms with Crippen molar-refractivity contribution in [3.05, 3.63) is 53.9 Å². The lowest BCUT2D eigenvalue weighted by Crippen LogP contribution is -2.39. The monoisotopic (exact) mass is 469 g/mol. The number of rotatable bonds is 6. The van der Waals surface area contributed by atoms with Crippen molar-refractivity contribution in [2.24, 2.45) is 0 Å². The Morgan fingerprint density at radius 2 is 1.82 bits per heavy atom. The van der Waals surface area contributed by atoms with Crippen molar-refractivity contribution in [3.63, 3.8) is 0 Å². The highest BCUT2D eigenvalue weighted by molar-refractivity contribution is 5.78. The van der Waals surface area contributed by atoms with E-state index in [0.29, 0.717) is 25.3 Å². The highest BCUT2D eigenvalue weighted by Gasteiger charge is 2.37. The summed E-state index contributed by atoms with van der Waals surface area (Å²) >= 11 is 0. The number of likely N-dealkylation sites (N-methyl/N-ethyl adjacent to an activating group) is 1. The fourth-order valence-electron chi connectivity index (χ4n) is 3.32. The first-order chi connectivity index (χ1) is 15.8. The second kappa shape index (κ2) is 13.7. The van der Waals surface area contributed by atoms with Crippen LogP contribution in [0.5, 0.6) is 5.75 Å². The van der Waals surface area contributed by atoms with Crippen molar-refractivity contribution in [1.29, 1.82) is 0 Å². The van der Waals surface area contributed by atoms with E-state index in [2.05, 4.69) is 4.98 Å². The number of benzene rings is 1. The molecule has 1 N–H and O–H groups in total. The maximum Gasteiger partial charge on any atom is 0.418 e. The molecule has 1 aromatic carbocycles. The Balaban J connectivity index is 0.00000129. The molecule has 2 aromatic rings. The van der Waals surface area contributed by atoms with Crippen LogP contribution in [-0.2, 0) is 17.6 Å². The first-order valence-electron chi connectivity index (χ1n) is 11.1. The number of hydrogen-bond donors (Lipinski definition) is 1. The van der Waals surface area contributed by atoms with E-state index < -0.39 is 11.7 Å². The van der Waals surface area contributed by atoms with Crippen molar-refractivity contribution < 1.29 is 27.8 Å². The maximum atomic E-state index is 13.3. The number of pyridine rings is 1. The molecule has 1 aliphatic heterocycles. The molecule has 0 radical (unpaired) electrons. The number of aliphatic hydroxyl groups excluding tert-OH is 1. The molecule has 9 heteroatoms. The van der Waals surface area contributed by atoms with Gasteiger partial charge in [-0.1, -0.05) is 39.8 Å². The van der Waals surface area contributed by atoms with E-state index in [1.807, 2.05) is 27.7 Å². The predicted octanol–water partition coefficient (Wildman–Crippen LogP) is 4.76. The van der Waals surface area contributed by atoms with Crippen molar-refractivity contribution in [3.8, 4) is 5.75 Å². The summed E-state index contributed by atoms with van der Waals surface area (Å²) in [5, 5.41) is 9.03. The SMILES string of the molecule is CC.CC.CN(c1cnccc1C(F)(F)F)C1CCN(C(=O)COc2ccc(CO)cc2)C1. The van der Waals surface area contributed by atoms with Gasteiger partial charge in [0.2, 0.25) is 0 Å². The van der Waals surface area contributed by atoms with Crippen LogP contribution in [0.3, 0.4) is 0 Å². The largest absolute Gasteiger partial charge is 0.484 e. The first-order valence-corrected chi connectivity index (χ1v) is 11.1. The molecule has 3 rings (SSSR count). The number of halogens is 3. The number of hydrogen-bond acceptors (Lipinski definition) is 5. The van der Waals surface area contributed by atoms with Crippen LogP contribution in [0.15, 0.2) is 42.7 Å². The van der Waals surface area contributed by atoms with Crippen LogP contribution in [0.1, 0.15) is 45.2 Å². The third kappa shape index (κ3) is 7.92. The molecule has 0 saturated carbocycles. The van der Waals surface area contributed by atoms with Gasteiger partial charge in [-0.25, -0.2) is 0 Å². The summed E-state index contributed by atoms with van der Waals surface area (Å²) < 4.78 is 45.3. The van der Waals surface area contributed by atoms with Gasteiger partial charge in [0.15, 0.2) is 6.61 Å². The minimum atomic E-state index is -4.47. The van der Waals surface area contributed by atoms with Crippen molar-refractivity contribution >= 4 is 11.6 Å². The van der Waals surface area contributed by atoms with Gasteiger partial charge >= 0.3 is 6.18 Å². The summed E-state index contributed by atoms with van der Waals surface area (Å²) in [6.45, 7) is 8.53. The highest BCUT2D eigenvalue weighted by atomic mass is 19.4. The second-order valence-electron chi connectivity index (χ2n) is 6.87. The maximum absolute atomic E-state index is 13.3. The van der Waals surface area contributed by atoms with Crippen LogP contribution < -0.4 is 9.64 Å². The van der Waals surface area contributed by atoms with Gasteiger partial charge in [0, 0.05) is 32.4 Å². The second-order valence-corrected chi connectivity index (χ2v) is 6.87. The van der Waals surface area contributed by atoms with E-state index in [1.54, 1.807) is 36.2 Å². The number of aliphatic hydroxyl groups is 1. The van der Waals surface area contributed by atoms with Crippen LogP contribution >= 0.6 is 0 Å². The van der Waals surface area contributed by atoms with Crippen molar-refractivity contribution in [1.82, 2.24) is 9.88 Å². The topological polar surface area (TPSA) is 65.9 Å². The van der Waals surface area contributed by atoms with Gasteiger partial charge in [0.25, 0.3) is 5.91 Å². The van der Waals surface area contributed by atoms with Crippen molar-refractivity contribution in [2.75, 3.05) is 31.6 Å². The Kier molecular flexibility index (Phi) is 11.7. The van der Waals surface area contributed by atoms with Gasteiger partial charge in [-0.3, -0.25) is 9.78 Å². The fourth-order valence-corrected chi connectivity index (χ4v) is 3.32. The van der Waals surface area contributed by atoms with Gasteiger partial charge in [-0.2, -0.15) is 13.2 Å². The molecule has 1 saturated heterocycles. The molecule has 1 unspecified atom stereocenters. The van der Waals surface area contributed by atoms with Gasteiger partial charge in [0.1, 0.15) is 5.75 Å². The number of nitrogens with zero attached hydrogens (tertiary/aromatic N) is 3. The molecule has 0 aliphatic carbocycles. The Hall–Kier alpha value is -2.81. The average Bonchev–Trinajstić information content (AvgIpc) is 3.35. The molecule has 33 heavy (non-hydrogen) atoms. The number of likely N-dealkylation sites (tertiary alicyclic amines) is 1. The Bertz CT molecular complexity index is 845. The van der Waals surface area contributed by atoms with Crippen LogP contribution in [0.4, 0.5) is 18.9 Å². The lowest BCUT2D eigenvalue weighted by atomic mass is 10.1. The smallest absolute Gasteiger partial charge is 0.418 e. The van der Waals surface area contributed by atoms with E-state index >= 15 is 0 Å². The minimum absolute atomic E-state index is 0.000443. The van der Waals surface area contributed by atoms with E-state index in [4.69, 9.17) is 9.84 Å². The third-order valence-electron chi connectivity index (χ3n) is 5.02. The average molecular weight is 470 g/mol. The number of carbonyl (C=O) groups excluding carboxylic acids is 1. The summed E-state index contributed by atoms with van der Waals surface area (Å²) in [6, 6.07) is 7.45. The fraction of sp³-hybridized carbons (Fsp3) is 0.500. The predicted molar refractivity (Wildman–Crippen MR) is 123 cm³/mol. The minimum Gasteiger partial charge on any atom is -0.484 e. The van der Waals surface area contributed by atoms with Crippen LogP contribution in [0.2, 0.25) is 0 Å². The molecule has 184 valence electrons. The molecule has 1 atom stereocenters. The summed E-state index contributed by atoms with van der Waals surface area (Å²) in [4.78, 5) is 19.4. The van der Waals surface area contributed by atoms with Crippen molar-refractivity contribution in [2.45, 2.75) is 52.9 Å². The summed E-state index contributed by atoms with van der Waals surface area (Å²) in [7, 11) is 1.59. The Morgan fingerprint density at radius 3 is 2.39 bits per heavy atom. The summed E-state index contributed by atoms with van der Waals surface area (Å²) in [5.41, 5.74) is -0.00307. The standard InChI is InChI=1S/C20H22F3N3O3.2C2H6/c1-25(18-10-24-8-6-17(18)20(21,22)23)15-7-9-26(11-15)19(28)13-29-16-4-2-14(12-27)3-5-16;2*1-2/h2-6,8,10,15,27H,7,9,11-13H2,1H3;2*1-2H3. The Labute approximate surface area is 194 Å². The molecule has 6 nitrogen and oxygen atoms in total. The molecular formula is C24H34F3N3O3. The number of amides is 1. The molecule has 1 amide bonds. The molecule has 0 spiro atoms. The third-order valence-corrected chi connectivity index (χ3v) is 5.02. The van der Waals surface area contributed by atoms with Gasteiger partial charge in [0.05, 0.1) is 24.1 Å². The number of aromatic nitrogens is 1. The zero-order valence-electron chi connectivity index (χ0n) is 19.9. The van der Waals surface area contributed by atoms with Crippen LogP contribution in [0.25, 0.3) is 0 Å². The van der Waals surface area contributed by atoms with Gasteiger partial charge in [-0.05, 0) is 30.2 Å². The molecule has 2 heterocycles. The first kappa shape index (κ1) is 28.2. The zero-order valence-corrected chi connectivity index (χ0v) is 19.9. The van der Waals surface area contributed by atoms with Crippen LogP contribution in [-0.4, -0.2) is 53.7 Å². The van der Waals surface area contributed by atoms with Gasteiger partial charge in [-0.15, -0.1) is 0 Å². The number of ether oxygens (including phenoxy) is 1. The molecule has 1 aromatic heterocycles. The lowest BCUT2D eigenvalue weighted by molar-refractivity contribution is -0.137. The van der Waals surface area contributed by atoms with Gasteiger partial charge < -0.3 is 19.6 Å².